The minimum atomic E-state index is -0.285. The number of morpholine rings is 1. The maximum absolute atomic E-state index is 13.4. The van der Waals surface area contributed by atoms with E-state index in [4.69, 9.17) is 9.47 Å². The van der Waals surface area contributed by atoms with Crippen molar-refractivity contribution in [3.63, 3.8) is 0 Å². The van der Waals surface area contributed by atoms with Crippen molar-refractivity contribution in [2.45, 2.75) is 20.3 Å². The first-order valence-electron chi connectivity index (χ1n) is 11.4. The molecular weight excluding hydrogens is 418 g/mol. The Bertz CT molecular complexity index is 1040. The molecule has 2 aliphatic heterocycles. The van der Waals surface area contributed by atoms with Gasteiger partial charge in [-0.2, -0.15) is 0 Å². The van der Waals surface area contributed by atoms with Gasteiger partial charge in [-0.3, -0.25) is 19.4 Å². The van der Waals surface area contributed by atoms with Gasteiger partial charge in [0.25, 0.3) is 11.8 Å². The van der Waals surface area contributed by atoms with E-state index >= 15 is 0 Å². The molecule has 2 aromatic rings. The highest BCUT2D eigenvalue weighted by atomic mass is 16.5. The standard InChI is InChI=1S/C26H31N3O4/c1-18-15-19(2)17-21(16-18)27-24-23(20-5-7-22(32-3)8-6-20)25(30)29(26(24)31)10-4-9-28-11-13-33-14-12-28/h5-8,15-17,27H,4,9-14H2,1-3H3. The average molecular weight is 450 g/mol. The Kier molecular flexibility index (Phi) is 7.11. The van der Waals surface area contributed by atoms with Gasteiger partial charge in [0, 0.05) is 31.9 Å². The number of rotatable bonds is 8. The molecule has 0 saturated carbocycles. The summed E-state index contributed by atoms with van der Waals surface area (Å²) in [5.74, 6) is 0.147. The molecule has 174 valence electrons. The summed E-state index contributed by atoms with van der Waals surface area (Å²) in [6.07, 6.45) is 0.726. The summed E-state index contributed by atoms with van der Waals surface area (Å²) in [6, 6.07) is 13.3. The number of methoxy groups -OCH3 is 1. The highest BCUT2D eigenvalue weighted by molar-refractivity contribution is 6.36. The number of benzene rings is 2. The zero-order chi connectivity index (χ0) is 23.4. The van der Waals surface area contributed by atoms with Gasteiger partial charge in [0.1, 0.15) is 11.4 Å². The minimum Gasteiger partial charge on any atom is -0.497 e. The number of carbonyl (C=O) groups is 2. The molecule has 7 nitrogen and oxygen atoms in total. The summed E-state index contributed by atoms with van der Waals surface area (Å²) in [5.41, 5.74) is 4.38. The molecule has 0 bridgehead atoms. The molecule has 0 atom stereocenters. The summed E-state index contributed by atoms with van der Waals surface area (Å²) in [5, 5.41) is 3.26. The van der Waals surface area contributed by atoms with E-state index in [1.807, 2.05) is 38.1 Å². The van der Waals surface area contributed by atoms with Crippen LogP contribution in [0.2, 0.25) is 0 Å². The first-order chi connectivity index (χ1) is 16.0. The second kappa shape index (κ2) is 10.2. The monoisotopic (exact) mass is 449 g/mol. The van der Waals surface area contributed by atoms with Crippen molar-refractivity contribution in [1.29, 1.82) is 0 Å². The quantitative estimate of drug-likeness (QED) is 0.624. The largest absolute Gasteiger partial charge is 0.497 e. The summed E-state index contributed by atoms with van der Waals surface area (Å²) in [7, 11) is 1.60. The maximum atomic E-state index is 13.4. The van der Waals surface area contributed by atoms with Gasteiger partial charge in [-0.15, -0.1) is 0 Å². The van der Waals surface area contributed by atoms with Crippen molar-refractivity contribution >= 4 is 23.1 Å². The summed E-state index contributed by atoms with van der Waals surface area (Å²) >= 11 is 0. The van der Waals surface area contributed by atoms with Crippen LogP contribution in [0.15, 0.2) is 48.2 Å². The van der Waals surface area contributed by atoms with E-state index in [1.54, 1.807) is 19.2 Å². The Balaban J connectivity index is 1.59. The van der Waals surface area contributed by atoms with Gasteiger partial charge in [0.2, 0.25) is 0 Å². The van der Waals surface area contributed by atoms with Crippen LogP contribution in [0.3, 0.4) is 0 Å². The van der Waals surface area contributed by atoms with Gasteiger partial charge in [0.15, 0.2) is 0 Å². The van der Waals surface area contributed by atoms with Crippen LogP contribution in [0.25, 0.3) is 5.57 Å². The number of nitrogens with one attached hydrogen (secondary N) is 1. The van der Waals surface area contributed by atoms with Crippen LogP contribution < -0.4 is 10.1 Å². The topological polar surface area (TPSA) is 71.1 Å². The van der Waals surface area contributed by atoms with Crippen LogP contribution in [0.4, 0.5) is 5.69 Å². The molecule has 2 heterocycles. The van der Waals surface area contributed by atoms with Gasteiger partial charge in [0.05, 0.1) is 25.9 Å². The molecule has 7 heteroatoms. The molecule has 1 saturated heterocycles. The van der Waals surface area contributed by atoms with Gasteiger partial charge in [-0.05, 0) is 61.2 Å². The van der Waals surface area contributed by atoms with Gasteiger partial charge in [-0.25, -0.2) is 0 Å². The van der Waals surface area contributed by atoms with E-state index in [2.05, 4.69) is 16.3 Å². The maximum Gasteiger partial charge on any atom is 0.278 e. The first kappa shape index (κ1) is 23.0. The average Bonchev–Trinajstić information content (AvgIpc) is 3.03. The predicted octanol–water partition coefficient (Wildman–Crippen LogP) is 3.23. The number of hydrogen-bond donors (Lipinski definition) is 1. The fourth-order valence-electron chi connectivity index (χ4n) is 4.39. The molecule has 0 aliphatic carbocycles. The van der Waals surface area contributed by atoms with Gasteiger partial charge < -0.3 is 14.8 Å². The second-order valence-corrected chi connectivity index (χ2v) is 8.55. The number of anilines is 1. The van der Waals surface area contributed by atoms with Crippen molar-refractivity contribution in [2.75, 3.05) is 51.8 Å². The second-order valence-electron chi connectivity index (χ2n) is 8.55. The van der Waals surface area contributed by atoms with Crippen LogP contribution in [-0.4, -0.2) is 68.1 Å². The van der Waals surface area contributed by atoms with Crippen LogP contribution in [0.1, 0.15) is 23.1 Å². The Morgan fingerprint density at radius 3 is 2.24 bits per heavy atom. The molecule has 33 heavy (non-hydrogen) atoms. The smallest absolute Gasteiger partial charge is 0.278 e. The molecule has 2 aliphatic rings. The minimum absolute atomic E-state index is 0.265. The number of carbonyl (C=O) groups excluding carboxylic acids is 2. The van der Waals surface area contributed by atoms with Gasteiger partial charge in [-0.1, -0.05) is 18.2 Å². The van der Waals surface area contributed by atoms with Crippen molar-refractivity contribution < 1.29 is 19.1 Å². The van der Waals surface area contributed by atoms with E-state index in [-0.39, 0.29) is 11.8 Å². The number of imide groups is 1. The van der Waals surface area contributed by atoms with E-state index in [1.165, 1.54) is 4.90 Å². The fourth-order valence-corrected chi connectivity index (χ4v) is 4.39. The van der Waals surface area contributed by atoms with E-state index < -0.39 is 0 Å². The van der Waals surface area contributed by atoms with Crippen molar-refractivity contribution in [1.82, 2.24) is 9.80 Å². The van der Waals surface area contributed by atoms with Crippen molar-refractivity contribution in [3.05, 3.63) is 64.9 Å². The van der Waals surface area contributed by atoms with Crippen molar-refractivity contribution in [3.8, 4) is 5.75 Å². The fraction of sp³-hybridized carbons (Fsp3) is 0.385. The third kappa shape index (κ3) is 5.26. The van der Waals surface area contributed by atoms with Gasteiger partial charge >= 0.3 is 0 Å². The third-order valence-corrected chi connectivity index (χ3v) is 6.00. The van der Waals surface area contributed by atoms with Crippen LogP contribution >= 0.6 is 0 Å². The van der Waals surface area contributed by atoms with Crippen molar-refractivity contribution in [2.24, 2.45) is 0 Å². The molecule has 0 aromatic heterocycles. The third-order valence-electron chi connectivity index (χ3n) is 6.00. The summed E-state index contributed by atoms with van der Waals surface area (Å²) in [4.78, 5) is 30.5. The Hall–Kier alpha value is -3.16. The lowest BCUT2D eigenvalue weighted by atomic mass is 10.0. The van der Waals surface area contributed by atoms with E-state index in [0.29, 0.717) is 29.1 Å². The number of hydrogen-bond acceptors (Lipinski definition) is 6. The molecule has 0 radical (unpaired) electrons. The van der Waals surface area contributed by atoms with E-state index in [0.717, 1.165) is 56.1 Å². The molecule has 4 rings (SSSR count). The first-order valence-corrected chi connectivity index (χ1v) is 11.4. The lowest BCUT2D eigenvalue weighted by Crippen LogP contribution is -2.39. The lowest BCUT2D eigenvalue weighted by Gasteiger charge is -2.27. The number of ether oxygens (including phenoxy) is 2. The zero-order valence-electron chi connectivity index (χ0n) is 19.5. The molecular formula is C26H31N3O4. The molecule has 0 spiro atoms. The summed E-state index contributed by atoms with van der Waals surface area (Å²) in [6.45, 7) is 8.47. The lowest BCUT2D eigenvalue weighted by molar-refractivity contribution is -0.136. The summed E-state index contributed by atoms with van der Waals surface area (Å²) < 4.78 is 10.6. The van der Waals surface area contributed by atoms with Crippen LogP contribution in [-0.2, 0) is 14.3 Å². The molecule has 1 fully saturated rings. The SMILES string of the molecule is COc1ccc(C2=C(Nc3cc(C)cc(C)c3)C(=O)N(CCCN3CCOCC3)C2=O)cc1. The highest BCUT2D eigenvalue weighted by Crippen LogP contribution is 2.32. The van der Waals surface area contributed by atoms with E-state index in [9.17, 15) is 9.59 Å². The van der Waals surface area contributed by atoms with Crippen LogP contribution in [0.5, 0.6) is 5.75 Å². The van der Waals surface area contributed by atoms with Crippen LogP contribution in [0, 0.1) is 13.8 Å². The number of nitrogens with zero attached hydrogens (tertiary/aromatic N) is 2. The number of amides is 2. The Morgan fingerprint density at radius 2 is 1.61 bits per heavy atom. The zero-order valence-corrected chi connectivity index (χ0v) is 19.5. The molecule has 0 unspecified atom stereocenters. The molecule has 2 amide bonds. The highest BCUT2D eigenvalue weighted by Gasteiger charge is 2.39. The Morgan fingerprint density at radius 1 is 0.939 bits per heavy atom. The molecule has 2 aromatic carbocycles. The predicted molar refractivity (Wildman–Crippen MR) is 128 cm³/mol. The Labute approximate surface area is 195 Å². The normalized spacial score (nSPS) is 17.1. The number of aryl methyl sites for hydroxylation is 2. The molecule has 1 N–H and O–H groups in total.